The Labute approximate surface area is 156 Å². The van der Waals surface area contributed by atoms with E-state index in [1.807, 2.05) is 0 Å². The third-order valence-corrected chi connectivity index (χ3v) is 3.87. The number of nitrogens with one attached hydrogen (secondary N) is 1. The summed E-state index contributed by atoms with van der Waals surface area (Å²) in [6, 6.07) is -1.56. The van der Waals surface area contributed by atoms with Gasteiger partial charge in [-0.25, -0.2) is 22.0 Å². The molecule has 152 valence electrons. The summed E-state index contributed by atoms with van der Waals surface area (Å²) >= 11 is 0. The zero-order valence-corrected chi connectivity index (χ0v) is 14.7. The summed E-state index contributed by atoms with van der Waals surface area (Å²) in [6.45, 7) is 0.917. The normalized spacial score (nSPS) is 16.6. The molecule has 0 saturated carbocycles. The Morgan fingerprint density at radius 1 is 0.808 bits per heavy atom. The van der Waals surface area contributed by atoms with Crippen molar-refractivity contribution in [1.29, 1.82) is 0 Å². The molecule has 26 heavy (non-hydrogen) atoms. The maximum Gasteiger partial charge on any atom is 0.389 e. The van der Waals surface area contributed by atoms with Gasteiger partial charge in [-0.3, -0.25) is 4.90 Å². The number of rotatable bonds is 4. The van der Waals surface area contributed by atoms with Crippen molar-refractivity contribution in [2.75, 3.05) is 26.2 Å². The predicted molar refractivity (Wildman–Crippen MR) is 83.2 cm³/mol. The van der Waals surface area contributed by atoms with Gasteiger partial charge in [0.2, 0.25) is 5.82 Å². The molecule has 1 atom stereocenters. The first-order valence-corrected chi connectivity index (χ1v) is 7.16. The number of benzene rings is 1. The summed E-state index contributed by atoms with van der Waals surface area (Å²) in [5, 5.41) is 2.89. The van der Waals surface area contributed by atoms with Crippen LogP contribution < -0.4 is 5.32 Å². The summed E-state index contributed by atoms with van der Waals surface area (Å²) in [7, 11) is 0. The molecule has 2 rings (SSSR count). The molecule has 1 N–H and O–H groups in total. The fraction of sp³-hybridized carbons (Fsp3) is 0.571. The maximum atomic E-state index is 14.0. The Morgan fingerprint density at radius 3 is 1.65 bits per heavy atom. The molecular formula is C14H16Cl2F8N2. The lowest BCUT2D eigenvalue weighted by molar-refractivity contribution is -0.138. The van der Waals surface area contributed by atoms with Gasteiger partial charge in [-0.05, 0) is 6.42 Å². The van der Waals surface area contributed by atoms with E-state index >= 15 is 0 Å². The SMILES string of the molecule is Cl.Cl.Fc1c(F)c(F)c([C@@H](CCC(F)(F)F)N2CCNCC2)c(F)c1F. The van der Waals surface area contributed by atoms with Crippen molar-refractivity contribution in [2.24, 2.45) is 0 Å². The van der Waals surface area contributed by atoms with Gasteiger partial charge in [-0.1, -0.05) is 0 Å². The van der Waals surface area contributed by atoms with Crippen molar-refractivity contribution in [3.8, 4) is 0 Å². The van der Waals surface area contributed by atoms with Crippen LogP contribution in [0.2, 0.25) is 0 Å². The number of piperazine rings is 1. The molecule has 1 aliphatic heterocycles. The lowest BCUT2D eigenvalue weighted by atomic mass is 9.97. The molecule has 0 bridgehead atoms. The number of hydrogen-bond acceptors (Lipinski definition) is 2. The first-order valence-electron chi connectivity index (χ1n) is 7.16. The van der Waals surface area contributed by atoms with E-state index in [-0.39, 0.29) is 37.9 Å². The van der Waals surface area contributed by atoms with Gasteiger partial charge >= 0.3 is 6.18 Å². The van der Waals surface area contributed by atoms with E-state index in [1.54, 1.807) is 0 Å². The molecule has 0 spiro atoms. The van der Waals surface area contributed by atoms with E-state index in [4.69, 9.17) is 0 Å². The monoisotopic (exact) mass is 434 g/mol. The lowest BCUT2D eigenvalue weighted by Crippen LogP contribution is -2.45. The number of nitrogens with zero attached hydrogens (tertiary/aromatic N) is 1. The topological polar surface area (TPSA) is 15.3 Å². The third-order valence-electron chi connectivity index (χ3n) is 3.87. The van der Waals surface area contributed by atoms with E-state index in [9.17, 15) is 35.1 Å². The lowest BCUT2D eigenvalue weighted by Gasteiger charge is -2.35. The summed E-state index contributed by atoms with van der Waals surface area (Å²) in [5.41, 5.74) is -1.21. The fourth-order valence-electron chi connectivity index (χ4n) is 2.72. The minimum atomic E-state index is -4.61. The van der Waals surface area contributed by atoms with Crippen LogP contribution in [0, 0.1) is 29.1 Å². The van der Waals surface area contributed by atoms with Crippen LogP contribution in [0.4, 0.5) is 35.1 Å². The van der Waals surface area contributed by atoms with Crippen molar-refractivity contribution in [3.05, 3.63) is 34.6 Å². The molecule has 0 aliphatic carbocycles. The molecule has 1 aromatic carbocycles. The van der Waals surface area contributed by atoms with Gasteiger partial charge in [0.05, 0.1) is 0 Å². The second-order valence-electron chi connectivity index (χ2n) is 5.44. The first kappa shape index (κ1) is 25.2. The second kappa shape index (κ2) is 9.91. The molecule has 1 heterocycles. The van der Waals surface area contributed by atoms with Crippen LogP contribution in [0.3, 0.4) is 0 Å². The maximum absolute atomic E-state index is 14.0. The minimum absolute atomic E-state index is 0. The largest absolute Gasteiger partial charge is 0.389 e. The number of hydrogen-bond donors (Lipinski definition) is 1. The molecule has 1 aromatic rings. The van der Waals surface area contributed by atoms with Gasteiger partial charge in [-0.15, -0.1) is 24.8 Å². The van der Waals surface area contributed by atoms with E-state index in [0.717, 1.165) is 0 Å². The van der Waals surface area contributed by atoms with Gasteiger partial charge < -0.3 is 5.32 Å². The quantitative estimate of drug-likeness (QED) is 0.426. The molecule has 12 heteroatoms. The van der Waals surface area contributed by atoms with Crippen molar-refractivity contribution < 1.29 is 35.1 Å². The van der Waals surface area contributed by atoms with Crippen LogP contribution in [0.1, 0.15) is 24.4 Å². The summed E-state index contributed by atoms with van der Waals surface area (Å²) in [4.78, 5) is 1.29. The Hall–Kier alpha value is -0.840. The average molecular weight is 435 g/mol. The molecule has 2 nitrogen and oxygen atoms in total. The van der Waals surface area contributed by atoms with Crippen molar-refractivity contribution in [3.63, 3.8) is 0 Å². The summed E-state index contributed by atoms with van der Waals surface area (Å²) < 4.78 is 105. The second-order valence-corrected chi connectivity index (χ2v) is 5.44. The smallest absolute Gasteiger partial charge is 0.314 e. The summed E-state index contributed by atoms with van der Waals surface area (Å²) in [6.07, 6.45) is -6.82. The van der Waals surface area contributed by atoms with Crippen LogP contribution in [-0.2, 0) is 0 Å². The Morgan fingerprint density at radius 2 is 1.23 bits per heavy atom. The van der Waals surface area contributed by atoms with Gasteiger partial charge in [0.25, 0.3) is 0 Å². The first-order chi connectivity index (χ1) is 11.1. The highest BCUT2D eigenvalue weighted by atomic mass is 35.5. The molecular weight excluding hydrogens is 419 g/mol. The number of halogens is 10. The molecule has 0 unspecified atom stereocenters. The molecule has 1 saturated heterocycles. The van der Waals surface area contributed by atoms with Crippen LogP contribution in [0.5, 0.6) is 0 Å². The Kier molecular flexibility index (Phi) is 9.59. The van der Waals surface area contributed by atoms with Crippen LogP contribution in [-0.4, -0.2) is 37.3 Å². The molecule has 0 amide bonds. The Bertz CT molecular complexity index is 577. The van der Waals surface area contributed by atoms with Crippen molar-refractivity contribution >= 4 is 24.8 Å². The van der Waals surface area contributed by atoms with E-state index < -0.39 is 59.7 Å². The van der Waals surface area contributed by atoms with Gasteiger partial charge in [0, 0.05) is 44.2 Å². The van der Waals surface area contributed by atoms with Gasteiger partial charge in [0.15, 0.2) is 23.3 Å². The zero-order valence-electron chi connectivity index (χ0n) is 13.1. The van der Waals surface area contributed by atoms with E-state index in [1.165, 1.54) is 4.90 Å². The van der Waals surface area contributed by atoms with Crippen molar-refractivity contribution in [2.45, 2.75) is 25.1 Å². The minimum Gasteiger partial charge on any atom is -0.314 e. The average Bonchev–Trinajstić information content (AvgIpc) is 2.54. The molecule has 0 aromatic heterocycles. The Balaban J connectivity index is 0.00000312. The van der Waals surface area contributed by atoms with Crippen LogP contribution in [0.25, 0.3) is 0 Å². The summed E-state index contributed by atoms with van der Waals surface area (Å²) in [5.74, 6) is -10.8. The molecule has 1 aliphatic rings. The molecule has 1 fully saturated rings. The zero-order chi connectivity index (χ0) is 18.1. The van der Waals surface area contributed by atoms with Crippen molar-refractivity contribution in [1.82, 2.24) is 10.2 Å². The van der Waals surface area contributed by atoms with Crippen LogP contribution >= 0.6 is 24.8 Å². The van der Waals surface area contributed by atoms with E-state index in [0.29, 0.717) is 13.1 Å². The molecule has 0 radical (unpaired) electrons. The van der Waals surface area contributed by atoms with Gasteiger partial charge in [0.1, 0.15) is 0 Å². The van der Waals surface area contributed by atoms with Crippen LogP contribution in [0.15, 0.2) is 0 Å². The predicted octanol–water partition coefficient (Wildman–Crippen LogP) is 4.51. The number of alkyl halides is 3. The fourth-order valence-corrected chi connectivity index (χ4v) is 2.72. The standard InChI is InChI=1S/C14H14F8N2.2ClH/c15-9-8(10(16)12(18)13(19)11(9)17)7(1-2-14(20,21)22)24-5-3-23-4-6-24;;/h7,23H,1-6H2;2*1H/t7-;;/m1../s1. The highest BCUT2D eigenvalue weighted by Gasteiger charge is 2.36. The third kappa shape index (κ3) is 5.58. The van der Waals surface area contributed by atoms with E-state index in [2.05, 4.69) is 5.32 Å². The van der Waals surface area contributed by atoms with Gasteiger partial charge in [-0.2, -0.15) is 13.2 Å². The highest BCUT2D eigenvalue weighted by molar-refractivity contribution is 5.85. The highest BCUT2D eigenvalue weighted by Crippen LogP contribution is 2.36.